The topological polar surface area (TPSA) is 82.8 Å². The van der Waals surface area contributed by atoms with Crippen molar-refractivity contribution >= 4 is 29.1 Å². The van der Waals surface area contributed by atoms with Crippen LogP contribution in [0, 0.1) is 6.92 Å². The average Bonchev–Trinajstić information content (AvgIpc) is 3.03. The van der Waals surface area contributed by atoms with Crippen LogP contribution in [-0.2, 0) is 16.1 Å². The van der Waals surface area contributed by atoms with Gasteiger partial charge in [-0.2, -0.15) is 0 Å². The molecule has 1 heterocycles. The Morgan fingerprint density at radius 1 is 1.33 bits per heavy atom. The first-order chi connectivity index (χ1) is 11.5. The largest absolute Gasteiger partial charge is 0.467 e. The number of nitrogens with zero attached hydrogens (tertiary/aromatic N) is 1. The summed E-state index contributed by atoms with van der Waals surface area (Å²) in [7, 11) is 0. The summed E-state index contributed by atoms with van der Waals surface area (Å²) in [5.74, 6) is -0.242. The highest BCUT2D eigenvalue weighted by atomic mass is 35.5. The average molecular weight is 351 g/mol. The van der Waals surface area contributed by atoms with Crippen molar-refractivity contribution in [3.63, 3.8) is 0 Å². The summed E-state index contributed by atoms with van der Waals surface area (Å²) in [5.41, 5.74) is 1.42. The number of rotatable bonds is 7. The van der Waals surface area contributed by atoms with Crippen LogP contribution in [0.5, 0.6) is 0 Å². The lowest BCUT2D eigenvalue weighted by molar-refractivity contribution is -0.135. The smallest absolute Gasteiger partial charge is 0.233 e. The van der Waals surface area contributed by atoms with Gasteiger partial charge in [-0.25, -0.2) is 0 Å². The summed E-state index contributed by atoms with van der Waals surface area (Å²) in [4.78, 5) is 25.8. The molecule has 0 atom stereocenters. The van der Waals surface area contributed by atoms with Gasteiger partial charge in [-0.3, -0.25) is 9.59 Å². The van der Waals surface area contributed by atoms with Crippen LogP contribution in [0.15, 0.2) is 41.0 Å². The Morgan fingerprint density at radius 3 is 2.79 bits per heavy atom. The number of carbonyl (C=O) groups is 2. The minimum atomic E-state index is -0.437. The molecule has 1 aromatic carbocycles. The minimum absolute atomic E-state index is 0.128. The SMILES string of the molecule is Cc1ccc(Cl)cc1NC(=O)CC(=O)N(CCO)Cc1ccco1. The van der Waals surface area contributed by atoms with Crippen LogP contribution in [0.3, 0.4) is 0 Å². The number of aliphatic hydroxyl groups excluding tert-OH is 1. The monoisotopic (exact) mass is 350 g/mol. The molecule has 2 aromatic rings. The third-order valence-corrected chi connectivity index (χ3v) is 3.67. The second-order valence-electron chi connectivity index (χ2n) is 5.30. The van der Waals surface area contributed by atoms with Gasteiger partial charge in [0, 0.05) is 17.3 Å². The molecule has 0 aliphatic carbocycles. The lowest BCUT2D eigenvalue weighted by atomic mass is 10.2. The van der Waals surface area contributed by atoms with Gasteiger partial charge in [0.05, 0.1) is 19.4 Å². The quantitative estimate of drug-likeness (QED) is 0.752. The second-order valence-corrected chi connectivity index (χ2v) is 5.74. The number of halogens is 1. The highest BCUT2D eigenvalue weighted by Gasteiger charge is 2.18. The summed E-state index contributed by atoms with van der Waals surface area (Å²) >= 11 is 5.91. The highest BCUT2D eigenvalue weighted by Crippen LogP contribution is 2.20. The van der Waals surface area contributed by atoms with Gasteiger partial charge >= 0.3 is 0 Å². The Hall–Kier alpha value is -2.31. The molecule has 7 heteroatoms. The normalized spacial score (nSPS) is 10.5. The summed E-state index contributed by atoms with van der Waals surface area (Å²) in [5, 5.41) is 12.3. The van der Waals surface area contributed by atoms with E-state index in [0.29, 0.717) is 16.5 Å². The molecule has 0 saturated heterocycles. The van der Waals surface area contributed by atoms with E-state index in [1.165, 1.54) is 11.2 Å². The van der Waals surface area contributed by atoms with E-state index in [2.05, 4.69) is 5.32 Å². The van der Waals surface area contributed by atoms with Gasteiger partial charge < -0.3 is 19.7 Å². The number of aryl methyl sites for hydroxylation is 1. The van der Waals surface area contributed by atoms with E-state index in [0.717, 1.165) is 5.56 Å². The number of hydrogen-bond acceptors (Lipinski definition) is 4. The van der Waals surface area contributed by atoms with Gasteiger partial charge in [0.15, 0.2) is 0 Å². The van der Waals surface area contributed by atoms with E-state index in [4.69, 9.17) is 21.1 Å². The van der Waals surface area contributed by atoms with E-state index < -0.39 is 11.8 Å². The summed E-state index contributed by atoms with van der Waals surface area (Å²) in [6, 6.07) is 8.59. The van der Waals surface area contributed by atoms with Crippen LogP contribution in [0.2, 0.25) is 5.02 Å². The molecule has 0 aliphatic rings. The fourth-order valence-electron chi connectivity index (χ4n) is 2.18. The maximum absolute atomic E-state index is 12.3. The van der Waals surface area contributed by atoms with Crippen molar-refractivity contribution in [1.82, 2.24) is 4.90 Å². The molecule has 2 N–H and O–H groups in total. The molecule has 0 spiro atoms. The molecule has 2 rings (SSSR count). The molecule has 0 fully saturated rings. The zero-order valence-corrected chi connectivity index (χ0v) is 14.0. The van der Waals surface area contributed by atoms with E-state index in [1.54, 1.807) is 30.3 Å². The highest BCUT2D eigenvalue weighted by molar-refractivity contribution is 6.31. The molecule has 0 radical (unpaired) electrons. The number of anilines is 1. The number of furan rings is 1. The Kier molecular flexibility index (Phi) is 6.40. The first-order valence-electron chi connectivity index (χ1n) is 7.46. The third kappa shape index (κ3) is 5.11. The number of nitrogens with one attached hydrogen (secondary N) is 1. The standard InChI is InChI=1S/C17H19ClN2O4/c1-12-4-5-13(18)9-15(12)19-16(22)10-17(23)20(6-7-21)11-14-3-2-8-24-14/h2-5,8-9,21H,6-7,10-11H2,1H3,(H,19,22). The van der Waals surface area contributed by atoms with Gasteiger partial charge in [-0.1, -0.05) is 17.7 Å². The Balaban J connectivity index is 1.97. The summed E-state index contributed by atoms with van der Waals surface area (Å²) in [6.07, 6.45) is 1.18. The van der Waals surface area contributed by atoms with Crippen molar-refractivity contribution in [2.75, 3.05) is 18.5 Å². The van der Waals surface area contributed by atoms with E-state index in [-0.39, 0.29) is 26.1 Å². The van der Waals surface area contributed by atoms with E-state index in [9.17, 15) is 9.59 Å². The zero-order chi connectivity index (χ0) is 17.5. The minimum Gasteiger partial charge on any atom is -0.467 e. The fourth-order valence-corrected chi connectivity index (χ4v) is 2.35. The van der Waals surface area contributed by atoms with Crippen LogP contribution < -0.4 is 5.32 Å². The summed E-state index contributed by atoms with van der Waals surface area (Å²) in [6.45, 7) is 1.98. The molecule has 1 aromatic heterocycles. The van der Waals surface area contributed by atoms with Gasteiger partial charge in [0.2, 0.25) is 11.8 Å². The molecule has 0 aliphatic heterocycles. The van der Waals surface area contributed by atoms with Crippen LogP contribution in [0.1, 0.15) is 17.7 Å². The van der Waals surface area contributed by atoms with E-state index in [1.807, 2.05) is 6.92 Å². The molecule has 6 nitrogen and oxygen atoms in total. The van der Waals surface area contributed by atoms with Crippen molar-refractivity contribution in [3.8, 4) is 0 Å². The predicted octanol–water partition coefficient (Wildman–Crippen LogP) is 2.59. The van der Waals surface area contributed by atoms with Crippen LogP contribution >= 0.6 is 11.6 Å². The molecule has 0 bridgehead atoms. The van der Waals surface area contributed by atoms with Crippen molar-refractivity contribution in [2.45, 2.75) is 19.9 Å². The van der Waals surface area contributed by atoms with Gasteiger partial charge in [0.1, 0.15) is 12.2 Å². The maximum Gasteiger partial charge on any atom is 0.233 e. The number of hydrogen-bond donors (Lipinski definition) is 2. The zero-order valence-electron chi connectivity index (χ0n) is 13.3. The first-order valence-corrected chi connectivity index (χ1v) is 7.84. The molecule has 2 amide bonds. The molecule has 24 heavy (non-hydrogen) atoms. The van der Waals surface area contributed by atoms with E-state index >= 15 is 0 Å². The first kappa shape index (κ1) is 18.0. The fraction of sp³-hybridized carbons (Fsp3) is 0.294. The Labute approximate surface area is 145 Å². The number of benzene rings is 1. The van der Waals surface area contributed by atoms with Crippen molar-refractivity contribution in [1.29, 1.82) is 0 Å². The van der Waals surface area contributed by atoms with Gasteiger partial charge in [-0.15, -0.1) is 0 Å². The van der Waals surface area contributed by atoms with Crippen LogP contribution in [-0.4, -0.2) is 35.0 Å². The Bertz CT molecular complexity index is 701. The molecular weight excluding hydrogens is 332 g/mol. The van der Waals surface area contributed by atoms with Gasteiger partial charge in [0.25, 0.3) is 0 Å². The molecule has 0 unspecified atom stereocenters. The lowest BCUT2D eigenvalue weighted by Gasteiger charge is -2.20. The number of amides is 2. The summed E-state index contributed by atoms with van der Waals surface area (Å²) < 4.78 is 5.20. The van der Waals surface area contributed by atoms with Crippen LogP contribution in [0.25, 0.3) is 0 Å². The predicted molar refractivity (Wildman–Crippen MR) is 90.6 cm³/mol. The number of aliphatic hydroxyl groups is 1. The Morgan fingerprint density at radius 2 is 2.12 bits per heavy atom. The molecule has 128 valence electrons. The third-order valence-electron chi connectivity index (χ3n) is 3.43. The van der Waals surface area contributed by atoms with Crippen molar-refractivity contribution < 1.29 is 19.1 Å². The lowest BCUT2D eigenvalue weighted by Crippen LogP contribution is -2.35. The van der Waals surface area contributed by atoms with Crippen LogP contribution in [0.4, 0.5) is 5.69 Å². The van der Waals surface area contributed by atoms with Crippen molar-refractivity contribution in [3.05, 3.63) is 52.9 Å². The number of carbonyl (C=O) groups excluding carboxylic acids is 2. The molecule has 0 saturated carbocycles. The van der Waals surface area contributed by atoms with Crippen molar-refractivity contribution in [2.24, 2.45) is 0 Å². The van der Waals surface area contributed by atoms with Gasteiger partial charge in [-0.05, 0) is 36.8 Å². The maximum atomic E-state index is 12.3. The molecular formula is C17H19ClN2O4. The second kappa shape index (κ2) is 8.52.